The molecule has 2 amide bonds. The zero-order valence-electron chi connectivity index (χ0n) is 18.0. The maximum absolute atomic E-state index is 12.9. The van der Waals surface area contributed by atoms with Crippen LogP contribution in [0.2, 0.25) is 5.02 Å². The van der Waals surface area contributed by atoms with E-state index in [0.717, 1.165) is 27.9 Å². The van der Waals surface area contributed by atoms with Crippen molar-refractivity contribution in [1.82, 2.24) is 10.4 Å². The summed E-state index contributed by atoms with van der Waals surface area (Å²) in [5, 5.41) is 1.72. The molecule has 0 aromatic heterocycles. The van der Waals surface area contributed by atoms with Crippen molar-refractivity contribution in [3.8, 4) is 11.5 Å². The fraction of sp³-hybridized carbons (Fsp3) is 0.0800. The number of rotatable bonds is 7. The Morgan fingerprint density at radius 3 is 2.59 bits per heavy atom. The molecule has 3 aromatic carbocycles. The van der Waals surface area contributed by atoms with Crippen LogP contribution in [0.4, 0.5) is 0 Å². The monoisotopic (exact) mass is 510 g/mol. The molecule has 0 saturated carbocycles. The van der Waals surface area contributed by atoms with Gasteiger partial charge in [0.1, 0.15) is 18.1 Å². The number of nitrogens with one attached hydrogen (secondary N) is 1. The van der Waals surface area contributed by atoms with Gasteiger partial charge in [0.2, 0.25) is 0 Å². The lowest BCUT2D eigenvalue weighted by Gasteiger charge is -2.15. The van der Waals surface area contributed by atoms with Crippen molar-refractivity contribution in [1.29, 1.82) is 0 Å². The van der Waals surface area contributed by atoms with Gasteiger partial charge in [-0.15, -0.1) is 0 Å². The molecular weight excluding hydrogens is 492 g/mol. The number of hydrogen-bond acceptors (Lipinski definition) is 6. The summed E-state index contributed by atoms with van der Waals surface area (Å²) in [6.45, 7) is 0.322. The molecule has 6 nitrogen and oxygen atoms in total. The van der Waals surface area contributed by atoms with Gasteiger partial charge in [0.15, 0.2) is 4.32 Å². The number of amides is 2. The van der Waals surface area contributed by atoms with Crippen molar-refractivity contribution in [3.63, 3.8) is 0 Å². The van der Waals surface area contributed by atoms with Gasteiger partial charge in [0.25, 0.3) is 11.8 Å². The van der Waals surface area contributed by atoms with E-state index in [1.165, 1.54) is 0 Å². The number of hydrazine groups is 1. The molecule has 4 rings (SSSR count). The summed E-state index contributed by atoms with van der Waals surface area (Å²) in [5.41, 5.74) is 4.58. The van der Waals surface area contributed by atoms with Crippen LogP contribution in [0.5, 0.6) is 11.5 Å². The summed E-state index contributed by atoms with van der Waals surface area (Å²) in [4.78, 5) is 25.8. The molecule has 0 unspecified atom stereocenters. The second-order valence-electron chi connectivity index (χ2n) is 7.14. The number of hydrogen-bond donors (Lipinski definition) is 1. The predicted molar refractivity (Wildman–Crippen MR) is 138 cm³/mol. The van der Waals surface area contributed by atoms with E-state index in [2.05, 4.69) is 5.43 Å². The number of carbonyl (C=O) groups excluding carboxylic acids is 2. The van der Waals surface area contributed by atoms with Crippen LogP contribution in [0, 0.1) is 0 Å². The molecule has 0 bridgehead atoms. The molecule has 1 N–H and O–H groups in total. The van der Waals surface area contributed by atoms with Crippen molar-refractivity contribution in [2.75, 3.05) is 7.11 Å². The number of thiocarbonyl (C=S) groups is 1. The third kappa shape index (κ3) is 5.59. The minimum absolute atomic E-state index is 0.240. The first-order chi connectivity index (χ1) is 16.4. The highest BCUT2D eigenvalue weighted by Gasteiger charge is 2.33. The fourth-order valence-electron chi connectivity index (χ4n) is 3.09. The average molecular weight is 511 g/mol. The Bertz CT molecular complexity index is 1280. The van der Waals surface area contributed by atoms with E-state index in [9.17, 15) is 9.59 Å². The molecule has 34 heavy (non-hydrogen) atoms. The van der Waals surface area contributed by atoms with E-state index in [1.807, 2.05) is 48.5 Å². The quantitative estimate of drug-likeness (QED) is 0.335. The van der Waals surface area contributed by atoms with Gasteiger partial charge in [0, 0.05) is 16.1 Å². The van der Waals surface area contributed by atoms with Crippen molar-refractivity contribution >= 4 is 57.8 Å². The van der Waals surface area contributed by atoms with Gasteiger partial charge < -0.3 is 9.47 Å². The highest BCUT2D eigenvalue weighted by Crippen LogP contribution is 2.32. The summed E-state index contributed by atoms with van der Waals surface area (Å²) < 4.78 is 11.2. The number of nitrogens with zero attached hydrogens (tertiary/aromatic N) is 1. The molecule has 0 radical (unpaired) electrons. The summed E-state index contributed by atoms with van der Waals surface area (Å²) in [6.07, 6.45) is 1.71. The van der Waals surface area contributed by atoms with Gasteiger partial charge in [0.05, 0.1) is 12.0 Å². The molecule has 172 valence electrons. The van der Waals surface area contributed by atoms with Gasteiger partial charge in [-0.1, -0.05) is 53.7 Å². The lowest BCUT2D eigenvalue weighted by molar-refractivity contribution is -0.123. The molecule has 1 fully saturated rings. The number of methoxy groups -OCH3 is 1. The van der Waals surface area contributed by atoms with Crippen LogP contribution >= 0.6 is 35.6 Å². The van der Waals surface area contributed by atoms with Crippen molar-refractivity contribution in [3.05, 3.63) is 99.4 Å². The Morgan fingerprint density at radius 2 is 1.85 bits per heavy atom. The number of carbonyl (C=O) groups is 2. The Balaban J connectivity index is 1.43. The van der Waals surface area contributed by atoms with Crippen molar-refractivity contribution < 1.29 is 19.1 Å². The van der Waals surface area contributed by atoms with E-state index in [1.54, 1.807) is 37.5 Å². The van der Waals surface area contributed by atoms with Gasteiger partial charge >= 0.3 is 0 Å². The van der Waals surface area contributed by atoms with E-state index in [0.29, 0.717) is 33.6 Å². The first kappa shape index (κ1) is 23.8. The second kappa shape index (κ2) is 10.7. The van der Waals surface area contributed by atoms with Crippen molar-refractivity contribution in [2.24, 2.45) is 0 Å². The summed E-state index contributed by atoms with van der Waals surface area (Å²) in [6, 6.07) is 21.4. The average Bonchev–Trinajstić information content (AvgIpc) is 3.11. The Labute approximate surface area is 211 Å². The normalized spacial score (nSPS) is 14.4. The highest BCUT2D eigenvalue weighted by atomic mass is 35.5. The van der Waals surface area contributed by atoms with E-state index in [-0.39, 0.29) is 4.32 Å². The molecule has 0 atom stereocenters. The molecule has 0 aliphatic carbocycles. The maximum atomic E-state index is 12.9. The minimum Gasteiger partial charge on any atom is -0.497 e. The summed E-state index contributed by atoms with van der Waals surface area (Å²) >= 11 is 12.6. The van der Waals surface area contributed by atoms with Crippen LogP contribution in [-0.4, -0.2) is 28.3 Å². The molecule has 1 aliphatic heterocycles. The van der Waals surface area contributed by atoms with Crippen LogP contribution < -0.4 is 14.9 Å². The zero-order valence-corrected chi connectivity index (χ0v) is 20.4. The second-order valence-corrected chi connectivity index (χ2v) is 9.22. The SMILES string of the molecule is COc1ccc(C(=O)NN2C(=O)/C(=C\c3cccc(OCc4ccccc4Cl)c3)SC2=S)cc1. The van der Waals surface area contributed by atoms with Gasteiger partial charge in [-0.25, -0.2) is 0 Å². The third-order valence-electron chi connectivity index (χ3n) is 4.87. The van der Waals surface area contributed by atoms with E-state index < -0.39 is 11.8 Å². The van der Waals surface area contributed by atoms with E-state index in [4.69, 9.17) is 33.3 Å². The molecule has 1 saturated heterocycles. The highest BCUT2D eigenvalue weighted by molar-refractivity contribution is 8.26. The molecule has 0 spiro atoms. The fourth-order valence-corrected chi connectivity index (χ4v) is 4.46. The molecule has 1 heterocycles. The molecular formula is C25H19ClN2O4S2. The Hall–Kier alpha value is -3.33. The van der Waals surface area contributed by atoms with Crippen LogP contribution in [0.15, 0.2) is 77.7 Å². The first-order valence-electron chi connectivity index (χ1n) is 10.1. The summed E-state index contributed by atoms with van der Waals surface area (Å²) in [5.74, 6) is 0.412. The predicted octanol–water partition coefficient (Wildman–Crippen LogP) is 5.47. The molecule has 1 aliphatic rings. The van der Waals surface area contributed by atoms with Gasteiger partial charge in [-0.2, -0.15) is 5.01 Å². The molecule has 9 heteroatoms. The number of benzene rings is 3. The van der Waals surface area contributed by atoms with Crippen LogP contribution in [-0.2, 0) is 11.4 Å². The largest absolute Gasteiger partial charge is 0.497 e. The maximum Gasteiger partial charge on any atom is 0.285 e. The standard InChI is InChI=1S/C25H19ClN2O4S2/c1-31-19-11-9-17(10-12-19)23(29)27-28-24(30)22(34-25(28)33)14-16-5-4-7-20(13-16)32-15-18-6-2-3-8-21(18)26/h2-14H,15H2,1H3,(H,27,29)/b22-14+. The third-order valence-corrected chi connectivity index (χ3v) is 6.54. The Morgan fingerprint density at radius 1 is 1.09 bits per heavy atom. The molecule has 3 aromatic rings. The van der Waals surface area contributed by atoms with E-state index >= 15 is 0 Å². The summed E-state index contributed by atoms with van der Waals surface area (Å²) in [7, 11) is 1.54. The lowest BCUT2D eigenvalue weighted by Crippen LogP contribution is -2.44. The van der Waals surface area contributed by atoms with Crippen LogP contribution in [0.1, 0.15) is 21.5 Å². The van der Waals surface area contributed by atoms with Gasteiger partial charge in [-0.05, 0) is 66.3 Å². The number of halogens is 1. The van der Waals surface area contributed by atoms with Gasteiger partial charge in [-0.3, -0.25) is 15.0 Å². The zero-order chi connectivity index (χ0) is 24.1. The van der Waals surface area contributed by atoms with Crippen LogP contribution in [0.25, 0.3) is 6.08 Å². The number of ether oxygens (including phenoxy) is 2. The van der Waals surface area contributed by atoms with Crippen LogP contribution in [0.3, 0.4) is 0 Å². The topological polar surface area (TPSA) is 67.9 Å². The smallest absolute Gasteiger partial charge is 0.285 e. The number of thioether (sulfide) groups is 1. The van der Waals surface area contributed by atoms with Crippen molar-refractivity contribution in [2.45, 2.75) is 6.61 Å². The lowest BCUT2D eigenvalue weighted by atomic mass is 10.2. The minimum atomic E-state index is -0.449. The first-order valence-corrected chi connectivity index (χ1v) is 11.7. The Kier molecular flexibility index (Phi) is 7.52.